The number of ether oxygens (including phenoxy) is 2. The van der Waals surface area contributed by atoms with Crippen molar-refractivity contribution in [1.82, 2.24) is 5.32 Å². The van der Waals surface area contributed by atoms with E-state index >= 15 is 0 Å². The molecule has 0 aliphatic heterocycles. The molecule has 0 spiro atoms. The highest BCUT2D eigenvalue weighted by Gasteiger charge is 2.32. The van der Waals surface area contributed by atoms with E-state index in [-0.39, 0.29) is 25.0 Å². The zero-order valence-corrected chi connectivity index (χ0v) is 20.1. The second-order valence-electron chi connectivity index (χ2n) is 8.76. The van der Waals surface area contributed by atoms with Crippen molar-refractivity contribution in [2.45, 2.75) is 32.4 Å². The molecule has 3 N–H and O–H groups in total. The highest BCUT2D eigenvalue weighted by atomic mass is 16.5. The van der Waals surface area contributed by atoms with Crippen molar-refractivity contribution in [3.05, 3.63) is 88.5 Å². The Balaban J connectivity index is 1.35. The third kappa shape index (κ3) is 6.01. The van der Waals surface area contributed by atoms with Crippen molar-refractivity contribution >= 4 is 17.5 Å². The normalized spacial score (nSPS) is 15.9. The molecule has 8 nitrogen and oxygen atoms in total. The van der Waals surface area contributed by atoms with Gasteiger partial charge in [-0.2, -0.15) is 5.26 Å². The molecule has 2 atom stereocenters. The third-order valence-corrected chi connectivity index (χ3v) is 5.95. The number of hydrogen-bond acceptors (Lipinski definition) is 6. The van der Waals surface area contributed by atoms with Crippen molar-refractivity contribution in [2.75, 3.05) is 18.5 Å². The van der Waals surface area contributed by atoms with E-state index in [9.17, 15) is 14.7 Å². The number of rotatable bonds is 8. The molecule has 3 aromatic carbocycles. The van der Waals surface area contributed by atoms with Crippen LogP contribution in [0.5, 0.6) is 11.5 Å². The van der Waals surface area contributed by atoms with E-state index in [0.29, 0.717) is 29.2 Å². The number of hydrogen-bond donors (Lipinski definition) is 3. The van der Waals surface area contributed by atoms with Crippen LogP contribution in [-0.2, 0) is 16.0 Å². The highest BCUT2D eigenvalue weighted by molar-refractivity contribution is 5.92. The first-order valence-corrected chi connectivity index (χ1v) is 11.6. The van der Waals surface area contributed by atoms with Crippen molar-refractivity contribution in [2.24, 2.45) is 0 Å². The Morgan fingerprint density at radius 2 is 1.75 bits per heavy atom. The number of fused-ring (bicyclic) bond motifs is 1. The maximum absolute atomic E-state index is 12.5. The number of anilines is 1. The van der Waals surface area contributed by atoms with Crippen LogP contribution in [0, 0.1) is 25.2 Å². The van der Waals surface area contributed by atoms with Gasteiger partial charge in [0.05, 0.1) is 23.8 Å². The summed E-state index contributed by atoms with van der Waals surface area (Å²) in [7, 11) is 0. The van der Waals surface area contributed by atoms with Gasteiger partial charge in [0, 0.05) is 12.1 Å². The lowest BCUT2D eigenvalue weighted by Gasteiger charge is -2.19. The Kier molecular flexibility index (Phi) is 7.52. The topological polar surface area (TPSA) is 121 Å². The summed E-state index contributed by atoms with van der Waals surface area (Å²) in [5, 5.41) is 25.1. The first-order chi connectivity index (χ1) is 17.3. The minimum absolute atomic E-state index is 0.176. The lowest BCUT2D eigenvalue weighted by atomic mass is 10.1. The van der Waals surface area contributed by atoms with Crippen molar-refractivity contribution in [1.29, 1.82) is 5.26 Å². The smallest absolute Gasteiger partial charge is 0.262 e. The summed E-state index contributed by atoms with van der Waals surface area (Å²) in [5.74, 6) is 0.404. The molecule has 0 fully saturated rings. The quantitative estimate of drug-likeness (QED) is 0.450. The molecule has 1 aliphatic carbocycles. The van der Waals surface area contributed by atoms with E-state index in [2.05, 4.69) is 16.7 Å². The van der Waals surface area contributed by atoms with E-state index in [1.54, 1.807) is 49.4 Å². The molecule has 0 radical (unpaired) electrons. The number of aliphatic hydroxyl groups is 1. The molecule has 184 valence electrons. The molecular weight excluding hydrogens is 458 g/mol. The fourth-order valence-corrected chi connectivity index (χ4v) is 4.09. The molecule has 0 saturated heterocycles. The number of carbonyl (C=O) groups is 2. The average Bonchev–Trinajstić information content (AvgIpc) is 3.17. The lowest BCUT2D eigenvalue weighted by Crippen LogP contribution is -2.36. The second kappa shape index (κ2) is 10.9. The number of nitriles is 1. The van der Waals surface area contributed by atoms with E-state index in [1.807, 2.05) is 25.1 Å². The van der Waals surface area contributed by atoms with Gasteiger partial charge in [-0.3, -0.25) is 9.59 Å². The lowest BCUT2D eigenvalue weighted by molar-refractivity contribution is -0.124. The fourth-order valence-electron chi connectivity index (χ4n) is 4.09. The zero-order valence-electron chi connectivity index (χ0n) is 20.1. The minimum Gasteiger partial charge on any atom is -0.484 e. The fraction of sp³-hybridized carbons (Fsp3) is 0.250. The van der Waals surface area contributed by atoms with Crippen LogP contribution in [0.2, 0.25) is 0 Å². The first-order valence-electron chi connectivity index (χ1n) is 11.6. The van der Waals surface area contributed by atoms with Crippen LogP contribution in [-0.4, -0.2) is 36.2 Å². The number of benzene rings is 3. The molecule has 0 unspecified atom stereocenters. The Morgan fingerprint density at radius 3 is 2.47 bits per heavy atom. The van der Waals surface area contributed by atoms with E-state index < -0.39 is 12.1 Å². The van der Waals surface area contributed by atoms with Gasteiger partial charge in [-0.1, -0.05) is 23.8 Å². The largest absolute Gasteiger partial charge is 0.484 e. The number of nitrogens with zero attached hydrogens (tertiary/aromatic N) is 1. The van der Waals surface area contributed by atoms with Crippen LogP contribution in [0.4, 0.5) is 5.69 Å². The summed E-state index contributed by atoms with van der Waals surface area (Å²) in [4.78, 5) is 25.0. The molecule has 4 rings (SSSR count). The number of aliphatic hydroxyl groups excluding tert-OH is 1. The van der Waals surface area contributed by atoms with Crippen LogP contribution >= 0.6 is 0 Å². The number of carbonyl (C=O) groups excluding carboxylic acids is 2. The number of aryl methyl sites for hydroxylation is 2. The maximum atomic E-state index is 12.5. The van der Waals surface area contributed by atoms with Crippen molar-refractivity contribution in [3.63, 3.8) is 0 Å². The SMILES string of the molecule is Cc1ccc(OCC(=O)N[C@H]2c3cc(NC(=O)COc4ccc(C#N)cc4C)ccc3C[C@@H]2O)cc1. The van der Waals surface area contributed by atoms with Gasteiger partial charge in [0.2, 0.25) is 0 Å². The summed E-state index contributed by atoms with van der Waals surface area (Å²) < 4.78 is 11.1. The summed E-state index contributed by atoms with van der Waals surface area (Å²) >= 11 is 0. The van der Waals surface area contributed by atoms with Gasteiger partial charge in [0.15, 0.2) is 13.2 Å². The van der Waals surface area contributed by atoms with Crippen molar-refractivity contribution < 1.29 is 24.2 Å². The summed E-state index contributed by atoms with van der Waals surface area (Å²) in [5.41, 5.74) is 4.55. The van der Waals surface area contributed by atoms with Gasteiger partial charge in [-0.15, -0.1) is 0 Å². The van der Waals surface area contributed by atoms with E-state index in [1.165, 1.54) is 0 Å². The zero-order chi connectivity index (χ0) is 25.7. The Labute approximate surface area is 209 Å². The molecule has 8 heteroatoms. The molecule has 3 aromatic rings. The van der Waals surface area contributed by atoms with E-state index in [0.717, 1.165) is 22.3 Å². The van der Waals surface area contributed by atoms with Gasteiger partial charge < -0.3 is 25.2 Å². The monoisotopic (exact) mass is 485 g/mol. The molecule has 0 heterocycles. The Hall–Kier alpha value is -4.35. The van der Waals surface area contributed by atoms with Crippen molar-refractivity contribution in [3.8, 4) is 17.6 Å². The Bertz CT molecular complexity index is 1310. The highest BCUT2D eigenvalue weighted by Crippen LogP contribution is 2.33. The van der Waals surface area contributed by atoms with Gasteiger partial charge in [-0.05, 0) is 73.0 Å². The molecular formula is C28H27N3O5. The number of nitrogens with one attached hydrogen (secondary N) is 2. The van der Waals surface area contributed by atoms with Gasteiger partial charge in [-0.25, -0.2) is 0 Å². The van der Waals surface area contributed by atoms with Crippen LogP contribution in [0.1, 0.15) is 33.9 Å². The second-order valence-corrected chi connectivity index (χ2v) is 8.76. The van der Waals surface area contributed by atoms with Gasteiger partial charge >= 0.3 is 0 Å². The van der Waals surface area contributed by atoms with Crippen LogP contribution in [0.3, 0.4) is 0 Å². The molecule has 0 aromatic heterocycles. The molecule has 0 saturated carbocycles. The minimum atomic E-state index is -0.781. The maximum Gasteiger partial charge on any atom is 0.262 e. The summed E-state index contributed by atoms with van der Waals surface area (Å²) in [6.45, 7) is 3.39. The van der Waals surface area contributed by atoms with Crippen LogP contribution < -0.4 is 20.1 Å². The molecule has 2 amide bonds. The summed E-state index contributed by atoms with van der Waals surface area (Å²) in [6, 6.07) is 19.2. The molecule has 1 aliphatic rings. The summed E-state index contributed by atoms with van der Waals surface area (Å²) in [6.07, 6.45) is -0.383. The third-order valence-electron chi connectivity index (χ3n) is 5.95. The van der Waals surface area contributed by atoms with E-state index in [4.69, 9.17) is 14.7 Å². The average molecular weight is 486 g/mol. The van der Waals surface area contributed by atoms with Gasteiger partial charge in [0.25, 0.3) is 11.8 Å². The standard InChI is InChI=1S/C28H27N3O5/c1-17-3-8-22(9-4-17)35-15-27(34)31-28-23-13-21(7-6-20(23)12-24(28)32)30-26(33)16-36-25-10-5-19(14-29)11-18(25)2/h3-11,13,24,28,32H,12,15-16H2,1-2H3,(H,30,33)(H,31,34)/t24-,28-/m0/s1. The van der Waals surface area contributed by atoms with Gasteiger partial charge in [0.1, 0.15) is 11.5 Å². The van der Waals surface area contributed by atoms with Crippen LogP contribution in [0.25, 0.3) is 0 Å². The Morgan fingerprint density at radius 1 is 1.00 bits per heavy atom. The molecule has 36 heavy (non-hydrogen) atoms. The van der Waals surface area contributed by atoms with Crippen LogP contribution in [0.15, 0.2) is 60.7 Å². The predicted octanol–water partition coefficient (Wildman–Crippen LogP) is 3.35. The molecule has 0 bridgehead atoms. The predicted molar refractivity (Wildman–Crippen MR) is 134 cm³/mol. The first kappa shape index (κ1) is 24.8. The number of amides is 2.